The predicted octanol–water partition coefficient (Wildman–Crippen LogP) is 4.61. The first-order valence-electron chi connectivity index (χ1n) is 6.57. The minimum atomic E-state index is -1.90. The molecule has 3 heteroatoms. The molecule has 0 aliphatic heterocycles. The molecular formula is C16H23NOSi. The summed E-state index contributed by atoms with van der Waals surface area (Å²) in [7, 11) is -1.90. The summed E-state index contributed by atoms with van der Waals surface area (Å²) in [6, 6.07) is 12.2. The van der Waals surface area contributed by atoms with Gasteiger partial charge in [-0.05, 0) is 29.8 Å². The second kappa shape index (κ2) is 6.18. The van der Waals surface area contributed by atoms with E-state index in [-0.39, 0.29) is 5.04 Å². The van der Waals surface area contributed by atoms with Crippen LogP contribution in [0.3, 0.4) is 0 Å². The van der Waals surface area contributed by atoms with E-state index in [0.29, 0.717) is 0 Å². The van der Waals surface area contributed by atoms with Crippen molar-refractivity contribution in [2.75, 3.05) is 0 Å². The molecule has 1 aromatic rings. The SMILES string of the molecule is CC(C)(C)[Si](C)(C)O[C@H](C#N)/C=C/c1ccccc1. The maximum atomic E-state index is 9.23. The second-order valence-corrected chi connectivity index (χ2v) is 11.0. The lowest BCUT2D eigenvalue weighted by atomic mass is 10.2. The summed E-state index contributed by atoms with van der Waals surface area (Å²) in [6.45, 7) is 10.8. The van der Waals surface area contributed by atoms with Crippen LogP contribution in [0.15, 0.2) is 36.4 Å². The monoisotopic (exact) mass is 273 g/mol. The minimum absolute atomic E-state index is 0.114. The molecule has 0 heterocycles. The fraction of sp³-hybridized carbons (Fsp3) is 0.438. The van der Waals surface area contributed by atoms with Crippen molar-refractivity contribution in [3.63, 3.8) is 0 Å². The standard InChI is InChI=1S/C16H23NOSi/c1-16(2,3)19(4,5)18-15(13-17)12-11-14-9-7-6-8-10-14/h6-12,15H,1-5H3/b12-11+/t15-/m0/s1. The van der Waals surface area contributed by atoms with Crippen molar-refractivity contribution >= 4 is 14.4 Å². The molecule has 0 aromatic heterocycles. The Labute approximate surface area is 117 Å². The van der Waals surface area contributed by atoms with Crippen molar-refractivity contribution in [3.8, 4) is 6.07 Å². The topological polar surface area (TPSA) is 33.0 Å². The van der Waals surface area contributed by atoms with Crippen LogP contribution < -0.4 is 0 Å². The summed E-state index contributed by atoms with van der Waals surface area (Å²) in [4.78, 5) is 0. The van der Waals surface area contributed by atoms with Gasteiger partial charge >= 0.3 is 0 Å². The molecule has 0 amide bonds. The molecule has 102 valence electrons. The molecular weight excluding hydrogens is 250 g/mol. The van der Waals surface area contributed by atoms with Crippen LogP contribution >= 0.6 is 0 Å². The highest BCUT2D eigenvalue weighted by atomic mass is 28.4. The smallest absolute Gasteiger partial charge is 0.194 e. The molecule has 0 N–H and O–H groups in total. The Morgan fingerprint density at radius 1 is 1.21 bits per heavy atom. The van der Waals surface area contributed by atoms with Crippen molar-refractivity contribution < 1.29 is 4.43 Å². The maximum Gasteiger partial charge on any atom is 0.194 e. The van der Waals surface area contributed by atoms with Gasteiger partial charge in [0.25, 0.3) is 0 Å². The van der Waals surface area contributed by atoms with Gasteiger partial charge in [-0.1, -0.05) is 57.2 Å². The van der Waals surface area contributed by atoms with Crippen molar-refractivity contribution in [2.24, 2.45) is 0 Å². The van der Waals surface area contributed by atoms with Gasteiger partial charge in [-0.15, -0.1) is 0 Å². The van der Waals surface area contributed by atoms with Gasteiger partial charge in [-0.2, -0.15) is 5.26 Å². The third-order valence-electron chi connectivity index (χ3n) is 3.62. The average molecular weight is 273 g/mol. The summed E-state index contributed by atoms with van der Waals surface area (Å²) in [6.07, 6.45) is 3.32. The normalized spacial score (nSPS) is 14.3. The zero-order valence-electron chi connectivity index (χ0n) is 12.5. The highest BCUT2D eigenvalue weighted by molar-refractivity contribution is 6.74. The lowest BCUT2D eigenvalue weighted by molar-refractivity contribution is 0.274. The molecule has 0 bridgehead atoms. The molecule has 1 atom stereocenters. The van der Waals surface area contributed by atoms with E-state index in [1.54, 1.807) is 0 Å². The number of rotatable bonds is 4. The molecule has 1 aromatic carbocycles. The minimum Gasteiger partial charge on any atom is -0.398 e. The number of nitriles is 1. The van der Waals surface area contributed by atoms with Crippen molar-refractivity contribution in [2.45, 2.75) is 45.0 Å². The molecule has 0 radical (unpaired) electrons. The molecule has 0 fully saturated rings. The van der Waals surface area contributed by atoms with Gasteiger partial charge in [0.2, 0.25) is 0 Å². The van der Waals surface area contributed by atoms with Crippen LogP contribution in [0.4, 0.5) is 0 Å². The van der Waals surface area contributed by atoms with Crippen molar-refractivity contribution in [3.05, 3.63) is 42.0 Å². The summed E-state index contributed by atoms with van der Waals surface area (Å²) in [5, 5.41) is 9.34. The highest BCUT2D eigenvalue weighted by Crippen LogP contribution is 2.37. The number of benzene rings is 1. The molecule has 19 heavy (non-hydrogen) atoms. The zero-order chi connectivity index (χ0) is 14.5. The summed E-state index contributed by atoms with van der Waals surface area (Å²) < 4.78 is 6.06. The van der Waals surface area contributed by atoms with Gasteiger partial charge < -0.3 is 4.43 Å². The fourth-order valence-corrected chi connectivity index (χ4v) is 2.49. The van der Waals surface area contributed by atoms with E-state index in [4.69, 9.17) is 4.43 Å². The first-order valence-corrected chi connectivity index (χ1v) is 9.48. The molecule has 0 aliphatic carbocycles. The zero-order valence-corrected chi connectivity index (χ0v) is 13.5. The molecule has 0 saturated heterocycles. The molecule has 0 spiro atoms. The van der Waals surface area contributed by atoms with Gasteiger partial charge in [0, 0.05) is 0 Å². The van der Waals surface area contributed by atoms with Gasteiger partial charge in [-0.25, -0.2) is 0 Å². The lowest BCUT2D eigenvalue weighted by Crippen LogP contribution is -2.43. The van der Waals surface area contributed by atoms with Crippen LogP contribution in [-0.4, -0.2) is 14.4 Å². The Kier molecular flexibility index (Phi) is 5.10. The number of hydrogen-bond donors (Lipinski definition) is 0. The van der Waals surface area contributed by atoms with Crippen LogP contribution in [0.2, 0.25) is 18.1 Å². The first kappa shape index (κ1) is 15.7. The van der Waals surface area contributed by atoms with Crippen molar-refractivity contribution in [1.29, 1.82) is 5.26 Å². The molecule has 2 nitrogen and oxygen atoms in total. The molecule has 0 saturated carbocycles. The van der Waals surface area contributed by atoms with Gasteiger partial charge in [0.15, 0.2) is 14.4 Å². The predicted molar refractivity (Wildman–Crippen MR) is 83.2 cm³/mol. The van der Waals surface area contributed by atoms with Crippen LogP contribution in [0.5, 0.6) is 0 Å². The summed E-state index contributed by atoms with van der Waals surface area (Å²) >= 11 is 0. The fourth-order valence-electron chi connectivity index (χ4n) is 1.37. The Bertz CT molecular complexity index is 466. The summed E-state index contributed by atoms with van der Waals surface area (Å²) in [5.74, 6) is 0. The largest absolute Gasteiger partial charge is 0.398 e. The van der Waals surface area contributed by atoms with E-state index < -0.39 is 14.4 Å². The lowest BCUT2D eigenvalue weighted by Gasteiger charge is -2.37. The third kappa shape index (κ3) is 4.66. The molecule has 1 rings (SSSR count). The average Bonchev–Trinajstić information content (AvgIpc) is 2.34. The van der Waals surface area contributed by atoms with Crippen molar-refractivity contribution in [1.82, 2.24) is 0 Å². The molecule has 0 unspecified atom stereocenters. The van der Waals surface area contributed by atoms with E-state index >= 15 is 0 Å². The second-order valence-electron chi connectivity index (χ2n) is 6.20. The third-order valence-corrected chi connectivity index (χ3v) is 8.07. The summed E-state index contributed by atoms with van der Waals surface area (Å²) in [5.41, 5.74) is 1.08. The van der Waals surface area contributed by atoms with Gasteiger partial charge in [-0.3, -0.25) is 0 Å². The maximum absolute atomic E-state index is 9.23. The Morgan fingerprint density at radius 2 is 1.79 bits per heavy atom. The van der Waals surface area contributed by atoms with E-state index in [2.05, 4.69) is 39.9 Å². The van der Waals surface area contributed by atoms with Gasteiger partial charge in [0.05, 0.1) is 6.07 Å². The van der Waals surface area contributed by atoms with E-state index in [1.807, 2.05) is 42.5 Å². The van der Waals surface area contributed by atoms with E-state index in [1.165, 1.54) is 0 Å². The van der Waals surface area contributed by atoms with Crippen LogP contribution in [0, 0.1) is 11.3 Å². The Morgan fingerprint density at radius 3 is 2.26 bits per heavy atom. The van der Waals surface area contributed by atoms with E-state index in [0.717, 1.165) is 5.56 Å². The van der Waals surface area contributed by atoms with Crippen LogP contribution in [0.1, 0.15) is 26.3 Å². The first-order chi connectivity index (χ1) is 8.76. The van der Waals surface area contributed by atoms with Crippen LogP contribution in [0.25, 0.3) is 6.08 Å². The highest BCUT2D eigenvalue weighted by Gasteiger charge is 2.38. The number of nitrogens with zero attached hydrogens (tertiary/aromatic N) is 1. The molecule has 0 aliphatic rings. The Balaban J connectivity index is 2.76. The number of hydrogen-bond acceptors (Lipinski definition) is 2. The Hall–Kier alpha value is -1.37. The van der Waals surface area contributed by atoms with E-state index in [9.17, 15) is 5.26 Å². The quantitative estimate of drug-likeness (QED) is 0.750. The van der Waals surface area contributed by atoms with Gasteiger partial charge in [0.1, 0.15) is 0 Å². The van der Waals surface area contributed by atoms with Crippen LogP contribution in [-0.2, 0) is 4.43 Å².